The molecule has 0 fully saturated rings. The standard InChI is InChI=1S/C16H21NO2S2/c1-15(2,3)10-8-7-9(20-10)12-11(13(18)19)17-14(21-12)16(4,5)6/h7-8H,1-6H3,(H,18,19). The lowest BCUT2D eigenvalue weighted by atomic mass is 9.95. The lowest BCUT2D eigenvalue weighted by molar-refractivity contribution is 0.0692. The molecule has 114 valence electrons. The van der Waals surface area contributed by atoms with Crippen molar-refractivity contribution in [3.05, 3.63) is 27.7 Å². The number of carbonyl (C=O) groups is 1. The maximum Gasteiger partial charge on any atom is 0.356 e. The summed E-state index contributed by atoms with van der Waals surface area (Å²) in [4.78, 5) is 18.9. The molecule has 0 saturated carbocycles. The van der Waals surface area contributed by atoms with Gasteiger partial charge >= 0.3 is 5.97 Å². The minimum absolute atomic E-state index is 0.0733. The van der Waals surface area contributed by atoms with Crippen LogP contribution in [-0.4, -0.2) is 16.1 Å². The van der Waals surface area contributed by atoms with Crippen molar-refractivity contribution in [1.82, 2.24) is 4.98 Å². The van der Waals surface area contributed by atoms with Crippen LogP contribution in [0.2, 0.25) is 0 Å². The second-order valence-electron chi connectivity index (χ2n) is 7.17. The Morgan fingerprint density at radius 1 is 1.05 bits per heavy atom. The van der Waals surface area contributed by atoms with E-state index in [0.29, 0.717) is 0 Å². The highest BCUT2D eigenvalue weighted by atomic mass is 32.1. The second kappa shape index (κ2) is 5.21. The Bertz CT molecular complexity index is 669. The van der Waals surface area contributed by atoms with Crippen molar-refractivity contribution in [2.75, 3.05) is 0 Å². The van der Waals surface area contributed by atoms with Gasteiger partial charge in [0, 0.05) is 15.2 Å². The zero-order valence-corrected chi connectivity index (χ0v) is 14.9. The van der Waals surface area contributed by atoms with Gasteiger partial charge in [0.1, 0.15) is 0 Å². The molecule has 0 aliphatic heterocycles. The number of carboxylic acid groups (broad SMARTS) is 1. The van der Waals surface area contributed by atoms with Crippen LogP contribution in [0.15, 0.2) is 12.1 Å². The van der Waals surface area contributed by atoms with Crippen LogP contribution in [0.3, 0.4) is 0 Å². The van der Waals surface area contributed by atoms with Crippen molar-refractivity contribution in [3.8, 4) is 9.75 Å². The molecule has 0 atom stereocenters. The smallest absolute Gasteiger partial charge is 0.356 e. The van der Waals surface area contributed by atoms with Crippen molar-refractivity contribution >= 4 is 28.6 Å². The van der Waals surface area contributed by atoms with Crippen LogP contribution < -0.4 is 0 Å². The molecule has 5 heteroatoms. The van der Waals surface area contributed by atoms with Gasteiger partial charge in [-0.3, -0.25) is 0 Å². The fraction of sp³-hybridized carbons (Fsp3) is 0.500. The molecule has 0 saturated heterocycles. The predicted octanol–water partition coefficient (Wildman–Crippen LogP) is 5.16. The highest BCUT2D eigenvalue weighted by Gasteiger charge is 2.27. The number of thiazole rings is 1. The first-order chi connectivity index (χ1) is 9.50. The van der Waals surface area contributed by atoms with Crippen LogP contribution in [0, 0.1) is 0 Å². The summed E-state index contributed by atoms with van der Waals surface area (Å²) in [5.41, 5.74) is 0.105. The molecule has 0 unspecified atom stereocenters. The van der Waals surface area contributed by atoms with Gasteiger partial charge in [-0.15, -0.1) is 22.7 Å². The van der Waals surface area contributed by atoms with Gasteiger partial charge in [-0.1, -0.05) is 41.5 Å². The van der Waals surface area contributed by atoms with Crippen LogP contribution in [0.4, 0.5) is 0 Å². The summed E-state index contributed by atoms with van der Waals surface area (Å²) in [5.74, 6) is -0.956. The Hall–Kier alpha value is -1.20. The number of nitrogens with zero attached hydrogens (tertiary/aromatic N) is 1. The number of aromatic nitrogens is 1. The second-order valence-corrected chi connectivity index (χ2v) is 9.25. The van der Waals surface area contributed by atoms with E-state index in [-0.39, 0.29) is 16.5 Å². The average molecular weight is 323 g/mol. The number of carboxylic acids is 1. The molecule has 0 amide bonds. The van der Waals surface area contributed by atoms with Gasteiger partial charge in [0.05, 0.1) is 9.88 Å². The summed E-state index contributed by atoms with van der Waals surface area (Å²) < 4.78 is 0. The van der Waals surface area contributed by atoms with Gasteiger partial charge < -0.3 is 5.11 Å². The maximum atomic E-state index is 11.5. The van der Waals surface area contributed by atoms with Gasteiger partial charge in [0.2, 0.25) is 0 Å². The zero-order valence-electron chi connectivity index (χ0n) is 13.3. The molecule has 0 aliphatic rings. The minimum Gasteiger partial charge on any atom is -0.476 e. The monoisotopic (exact) mass is 323 g/mol. The maximum absolute atomic E-state index is 11.5. The Morgan fingerprint density at radius 3 is 2.10 bits per heavy atom. The lowest BCUT2D eigenvalue weighted by Gasteiger charge is -2.15. The normalized spacial score (nSPS) is 12.7. The number of hydrogen-bond acceptors (Lipinski definition) is 4. The summed E-state index contributed by atoms with van der Waals surface area (Å²) in [6, 6.07) is 4.10. The molecule has 0 spiro atoms. The topological polar surface area (TPSA) is 50.2 Å². The first kappa shape index (κ1) is 16.2. The van der Waals surface area contributed by atoms with E-state index in [1.165, 1.54) is 16.2 Å². The Balaban J connectivity index is 2.55. The van der Waals surface area contributed by atoms with Crippen molar-refractivity contribution in [1.29, 1.82) is 0 Å². The Kier molecular flexibility index (Phi) is 4.02. The third kappa shape index (κ3) is 3.35. The van der Waals surface area contributed by atoms with Gasteiger partial charge in [-0.05, 0) is 17.5 Å². The molecule has 0 radical (unpaired) electrons. The zero-order chi connectivity index (χ0) is 16.0. The third-order valence-electron chi connectivity index (χ3n) is 3.04. The minimum atomic E-state index is -0.956. The summed E-state index contributed by atoms with van der Waals surface area (Å²) in [5, 5.41) is 10.3. The molecule has 0 aliphatic carbocycles. The Labute approximate surface area is 133 Å². The number of rotatable bonds is 2. The van der Waals surface area contributed by atoms with Gasteiger partial charge in [0.15, 0.2) is 5.69 Å². The molecule has 2 aromatic rings. The molecule has 0 bridgehead atoms. The Morgan fingerprint density at radius 2 is 1.67 bits per heavy atom. The molecule has 21 heavy (non-hydrogen) atoms. The summed E-state index contributed by atoms with van der Waals surface area (Å²) >= 11 is 3.15. The van der Waals surface area contributed by atoms with Gasteiger partial charge in [-0.2, -0.15) is 0 Å². The summed E-state index contributed by atoms with van der Waals surface area (Å²) in [7, 11) is 0. The summed E-state index contributed by atoms with van der Waals surface area (Å²) in [6.45, 7) is 12.6. The fourth-order valence-corrected chi connectivity index (χ4v) is 4.11. The first-order valence-electron chi connectivity index (χ1n) is 6.85. The molecule has 2 aromatic heterocycles. The van der Waals surface area contributed by atoms with Crippen LogP contribution in [0.25, 0.3) is 9.75 Å². The van der Waals surface area contributed by atoms with Gasteiger partial charge in [-0.25, -0.2) is 9.78 Å². The van der Waals surface area contributed by atoms with Gasteiger partial charge in [0.25, 0.3) is 0 Å². The predicted molar refractivity (Wildman–Crippen MR) is 89.8 cm³/mol. The van der Waals surface area contributed by atoms with Crippen LogP contribution >= 0.6 is 22.7 Å². The molecular formula is C16H21NO2S2. The van der Waals surface area contributed by atoms with E-state index in [1.54, 1.807) is 11.3 Å². The number of hydrogen-bond donors (Lipinski definition) is 1. The molecular weight excluding hydrogens is 302 g/mol. The van der Waals surface area contributed by atoms with Crippen LogP contribution in [-0.2, 0) is 10.8 Å². The number of thiophene rings is 1. The van der Waals surface area contributed by atoms with E-state index in [9.17, 15) is 9.90 Å². The fourth-order valence-electron chi connectivity index (χ4n) is 1.82. The molecule has 1 N–H and O–H groups in total. The van der Waals surface area contributed by atoms with E-state index >= 15 is 0 Å². The lowest BCUT2D eigenvalue weighted by Crippen LogP contribution is -2.11. The van der Waals surface area contributed by atoms with Crippen LogP contribution in [0.5, 0.6) is 0 Å². The average Bonchev–Trinajstić information content (AvgIpc) is 2.93. The van der Waals surface area contributed by atoms with Crippen molar-refractivity contribution in [2.45, 2.75) is 52.4 Å². The van der Waals surface area contributed by atoms with E-state index in [2.05, 4.69) is 52.6 Å². The van der Waals surface area contributed by atoms with Crippen molar-refractivity contribution in [3.63, 3.8) is 0 Å². The van der Waals surface area contributed by atoms with E-state index in [1.807, 2.05) is 6.07 Å². The number of aromatic carboxylic acids is 1. The van der Waals surface area contributed by atoms with E-state index in [0.717, 1.165) is 14.8 Å². The quantitative estimate of drug-likeness (QED) is 0.830. The molecule has 0 aromatic carbocycles. The van der Waals surface area contributed by atoms with Crippen molar-refractivity contribution < 1.29 is 9.90 Å². The molecule has 3 nitrogen and oxygen atoms in total. The van der Waals surface area contributed by atoms with E-state index in [4.69, 9.17) is 0 Å². The first-order valence-corrected chi connectivity index (χ1v) is 8.49. The summed E-state index contributed by atoms with van der Waals surface area (Å²) in [6.07, 6.45) is 0. The highest BCUT2D eigenvalue weighted by Crippen LogP contribution is 2.41. The molecule has 2 rings (SSSR count). The SMILES string of the molecule is CC(C)(C)c1ccc(-c2sc(C(C)(C)C)nc2C(=O)O)s1. The van der Waals surface area contributed by atoms with Crippen molar-refractivity contribution in [2.24, 2.45) is 0 Å². The highest BCUT2D eigenvalue weighted by molar-refractivity contribution is 7.22. The molecule has 2 heterocycles. The van der Waals surface area contributed by atoms with Crippen LogP contribution in [0.1, 0.15) is 61.9 Å². The van der Waals surface area contributed by atoms with E-state index < -0.39 is 5.97 Å². The third-order valence-corrected chi connectivity index (χ3v) is 6.21. The largest absolute Gasteiger partial charge is 0.476 e.